The predicted molar refractivity (Wildman–Crippen MR) is 110 cm³/mol. The van der Waals surface area contributed by atoms with Crippen molar-refractivity contribution in [3.63, 3.8) is 0 Å². The Hall–Kier alpha value is -3.75. The molecule has 1 aliphatic carbocycles. The minimum atomic E-state index is -0.599. The Morgan fingerprint density at radius 3 is 2.70 bits per heavy atom. The van der Waals surface area contributed by atoms with Crippen LogP contribution in [0.15, 0.2) is 36.5 Å². The van der Waals surface area contributed by atoms with Gasteiger partial charge in [0.05, 0.1) is 44.8 Å². The number of nitrogens with zero attached hydrogens (tertiary/aromatic N) is 2. The smallest absolute Gasteiger partial charge is 0.434 e. The van der Waals surface area contributed by atoms with E-state index in [9.17, 15) is 9.59 Å². The highest BCUT2D eigenvalue weighted by molar-refractivity contribution is 6.02. The molecule has 1 unspecified atom stereocenters. The zero-order chi connectivity index (χ0) is 21.3. The minimum absolute atomic E-state index is 0.142. The van der Waals surface area contributed by atoms with Crippen molar-refractivity contribution in [1.29, 1.82) is 0 Å². The molecule has 3 aromatic rings. The third kappa shape index (κ3) is 3.28. The standard InChI is InChI=1S/C21H22N4O5/c1-28-18-10-8-12-13(19(18)29-2)7-9-16(12)24-20(26)23-15-5-4-6-17-14(15)11-22-25(17)21(27)30-3/h4-6,8,10-11,16H,7,9H2,1-3H3,(H2,23,24,26). The molecule has 0 fully saturated rings. The minimum Gasteiger partial charge on any atom is -0.493 e. The number of aromatic nitrogens is 2. The van der Waals surface area contributed by atoms with E-state index in [1.165, 1.54) is 13.3 Å². The number of ether oxygens (including phenoxy) is 3. The fourth-order valence-corrected chi connectivity index (χ4v) is 3.89. The molecule has 9 heteroatoms. The number of fused-ring (bicyclic) bond motifs is 2. The number of hydrogen-bond donors (Lipinski definition) is 2. The lowest BCUT2D eigenvalue weighted by molar-refractivity contribution is 0.170. The molecule has 2 amide bonds. The maximum Gasteiger partial charge on any atom is 0.434 e. The molecule has 0 radical (unpaired) electrons. The van der Waals surface area contributed by atoms with Gasteiger partial charge >= 0.3 is 12.1 Å². The normalized spacial score (nSPS) is 14.8. The van der Waals surface area contributed by atoms with Crippen molar-refractivity contribution in [3.8, 4) is 11.5 Å². The van der Waals surface area contributed by atoms with Gasteiger partial charge in [0, 0.05) is 10.9 Å². The summed E-state index contributed by atoms with van der Waals surface area (Å²) >= 11 is 0. The van der Waals surface area contributed by atoms with Crippen molar-refractivity contribution < 1.29 is 23.8 Å². The van der Waals surface area contributed by atoms with Crippen LogP contribution in [0.4, 0.5) is 15.3 Å². The van der Waals surface area contributed by atoms with E-state index in [0.29, 0.717) is 28.1 Å². The summed E-state index contributed by atoms with van der Waals surface area (Å²) in [5.41, 5.74) is 3.15. The SMILES string of the molecule is COC(=O)n1ncc2c(NC(=O)NC3CCc4c3ccc(OC)c4OC)cccc21. The highest BCUT2D eigenvalue weighted by Crippen LogP contribution is 2.42. The monoisotopic (exact) mass is 410 g/mol. The van der Waals surface area contributed by atoms with Crippen LogP contribution in [0.25, 0.3) is 10.9 Å². The van der Waals surface area contributed by atoms with Gasteiger partial charge in [-0.1, -0.05) is 12.1 Å². The summed E-state index contributed by atoms with van der Waals surface area (Å²) in [6.45, 7) is 0. The topological polar surface area (TPSA) is 104 Å². The van der Waals surface area contributed by atoms with Crippen LogP contribution < -0.4 is 20.1 Å². The van der Waals surface area contributed by atoms with Gasteiger partial charge in [-0.15, -0.1) is 0 Å². The van der Waals surface area contributed by atoms with E-state index in [1.54, 1.807) is 32.4 Å². The quantitative estimate of drug-likeness (QED) is 0.683. The summed E-state index contributed by atoms with van der Waals surface area (Å²) in [6, 6.07) is 8.53. The lowest BCUT2D eigenvalue weighted by atomic mass is 10.1. The van der Waals surface area contributed by atoms with Gasteiger partial charge in [-0.3, -0.25) is 0 Å². The van der Waals surface area contributed by atoms with Crippen molar-refractivity contribution in [2.24, 2.45) is 0 Å². The first-order valence-corrected chi connectivity index (χ1v) is 9.43. The lowest BCUT2D eigenvalue weighted by Gasteiger charge is -2.17. The van der Waals surface area contributed by atoms with Crippen LogP contribution in [0.1, 0.15) is 23.6 Å². The van der Waals surface area contributed by atoms with E-state index < -0.39 is 6.09 Å². The highest BCUT2D eigenvalue weighted by Gasteiger charge is 2.28. The summed E-state index contributed by atoms with van der Waals surface area (Å²) in [7, 11) is 4.50. The van der Waals surface area contributed by atoms with Gasteiger partial charge in [-0.25, -0.2) is 9.59 Å². The van der Waals surface area contributed by atoms with Crippen molar-refractivity contribution in [3.05, 3.63) is 47.7 Å². The van der Waals surface area contributed by atoms with Gasteiger partial charge in [-0.2, -0.15) is 9.78 Å². The molecule has 2 N–H and O–H groups in total. The number of benzene rings is 2. The third-order valence-corrected chi connectivity index (χ3v) is 5.26. The van der Waals surface area contributed by atoms with Crippen LogP contribution in [-0.4, -0.2) is 43.2 Å². The fourth-order valence-electron chi connectivity index (χ4n) is 3.89. The molecule has 0 bridgehead atoms. The maximum atomic E-state index is 12.7. The summed E-state index contributed by atoms with van der Waals surface area (Å²) in [5, 5.41) is 10.5. The van der Waals surface area contributed by atoms with Gasteiger partial charge in [0.2, 0.25) is 0 Å². The molecular formula is C21H22N4O5. The second-order valence-corrected chi connectivity index (χ2v) is 6.82. The van der Waals surface area contributed by atoms with E-state index in [1.807, 2.05) is 12.1 Å². The number of hydrogen-bond acceptors (Lipinski definition) is 6. The molecule has 0 aliphatic heterocycles. The average Bonchev–Trinajstić information content (AvgIpc) is 3.37. The third-order valence-electron chi connectivity index (χ3n) is 5.26. The molecule has 1 aliphatic rings. The second-order valence-electron chi connectivity index (χ2n) is 6.82. The lowest BCUT2D eigenvalue weighted by Crippen LogP contribution is -2.31. The average molecular weight is 410 g/mol. The van der Waals surface area contributed by atoms with Crippen molar-refractivity contribution in [2.45, 2.75) is 18.9 Å². The maximum absolute atomic E-state index is 12.7. The Kier molecular flexibility index (Phi) is 5.18. The molecular weight excluding hydrogens is 388 g/mol. The summed E-state index contributed by atoms with van der Waals surface area (Å²) in [6.07, 6.45) is 2.46. The van der Waals surface area contributed by atoms with Gasteiger partial charge in [0.15, 0.2) is 11.5 Å². The Morgan fingerprint density at radius 2 is 1.97 bits per heavy atom. The molecule has 2 aromatic carbocycles. The number of carbonyl (C=O) groups excluding carboxylic acids is 2. The van der Waals surface area contributed by atoms with Crippen LogP contribution >= 0.6 is 0 Å². The Balaban J connectivity index is 1.54. The number of rotatable bonds is 4. The number of urea groups is 1. The summed E-state index contributed by atoms with van der Waals surface area (Å²) < 4.78 is 16.7. The Bertz CT molecular complexity index is 1120. The number of anilines is 1. The van der Waals surface area contributed by atoms with Crippen molar-refractivity contribution in [1.82, 2.24) is 15.1 Å². The molecule has 156 valence electrons. The molecule has 1 atom stereocenters. The summed E-state index contributed by atoms with van der Waals surface area (Å²) in [5.74, 6) is 1.38. The fraction of sp³-hybridized carbons (Fsp3) is 0.286. The first-order valence-electron chi connectivity index (χ1n) is 9.43. The molecule has 30 heavy (non-hydrogen) atoms. The number of carbonyl (C=O) groups is 2. The van der Waals surface area contributed by atoms with Gasteiger partial charge < -0.3 is 24.8 Å². The number of nitrogens with one attached hydrogen (secondary N) is 2. The molecule has 0 spiro atoms. The zero-order valence-electron chi connectivity index (χ0n) is 16.9. The van der Waals surface area contributed by atoms with Crippen LogP contribution in [0, 0.1) is 0 Å². The largest absolute Gasteiger partial charge is 0.493 e. The van der Waals surface area contributed by atoms with Crippen LogP contribution in [0.2, 0.25) is 0 Å². The molecule has 1 aromatic heterocycles. The van der Waals surface area contributed by atoms with Gasteiger partial charge in [0.25, 0.3) is 0 Å². The van der Waals surface area contributed by atoms with Gasteiger partial charge in [0.1, 0.15) is 0 Å². The number of methoxy groups -OCH3 is 3. The van der Waals surface area contributed by atoms with E-state index in [0.717, 1.165) is 28.7 Å². The number of amides is 2. The molecule has 0 saturated heterocycles. The highest BCUT2D eigenvalue weighted by atomic mass is 16.5. The van der Waals surface area contributed by atoms with E-state index >= 15 is 0 Å². The first-order chi connectivity index (χ1) is 14.6. The van der Waals surface area contributed by atoms with Crippen LogP contribution in [-0.2, 0) is 11.2 Å². The molecule has 9 nitrogen and oxygen atoms in total. The molecule has 4 rings (SSSR count). The molecule has 0 saturated carbocycles. The van der Waals surface area contributed by atoms with Gasteiger partial charge in [-0.05, 0) is 36.6 Å². The Labute approximate surface area is 172 Å². The van der Waals surface area contributed by atoms with Crippen molar-refractivity contribution in [2.75, 3.05) is 26.6 Å². The second kappa shape index (κ2) is 7.94. The predicted octanol–water partition coefficient (Wildman–Crippen LogP) is 3.48. The molecule has 1 heterocycles. The summed E-state index contributed by atoms with van der Waals surface area (Å²) in [4.78, 5) is 24.5. The zero-order valence-corrected chi connectivity index (χ0v) is 16.9. The van der Waals surface area contributed by atoms with E-state index in [2.05, 4.69) is 15.7 Å². The first kappa shape index (κ1) is 19.6. The van der Waals surface area contributed by atoms with Crippen LogP contribution in [0.5, 0.6) is 11.5 Å². The van der Waals surface area contributed by atoms with Crippen molar-refractivity contribution >= 4 is 28.7 Å². The van der Waals surface area contributed by atoms with E-state index in [-0.39, 0.29) is 12.1 Å². The van der Waals surface area contributed by atoms with Crippen LogP contribution in [0.3, 0.4) is 0 Å². The van der Waals surface area contributed by atoms with E-state index in [4.69, 9.17) is 14.2 Å². The Morgan fingerprint density at radius 1 is 1.13 bits per heavy atom.